The lowest BCUT2D eigenvalue weighted by molar-refractivity contribution is 0.0954. The number of para-hydroxylation sites is 1. The van der Waals surface area contributed by atoms with Crippen molar-refractivity contribution >= 4 is 17.4 Å². The summed E-state index contributed by atoms with van der Waals surface area (Å²) < 4.78 is 1.90. The van der Waals surface area contributed by atoms with Crippen LogP contribution in [0.1, 0.15) is 47.9 Å². The molecule has 2 atom stereocenters. The first-order chi connectivity index (χ1) is 14.6. The SMILES string of the molecule is CC1CC(c2ccccn2)Nc2c(C(=O)NCCCN(C)c3ccccc3)cnn21. The third-order valence-electron chi connectivity index (χ3n) is 5.54. The molecule has 1 aliphatic rings. The highest BCUT2D eigenvalue weighted by Crippen LogP contribution is 2.35. The number of benzene rings is 1. The molecule has 0 saturated heterocycles. The minimum Gasteiger partial charge on any atom is -0.375 e. The molecule has 156 valence electrons. The Balaban J connectivity index is 1.35. The van der Waals surface area contributed by atoms with Crippen LogP contribution < -0.4 is 15.5 Å². The monoisotopic (exact) mass is 404 g/mol. The highest BCUT2D eigenvalue weighted by molar-refractivity contribution is 5.98. The van der Waals surface area contributed by atoms with E-state index in [9.17, 15) is 4.79 Å². The van der Waals surface area contributed by atoms with E-state index in [-0.39, 0.29) is 18.0 Å². The molecule has 0 aliphatic carbocycles. The fraction of sp³-hybridized carbons (Fsp3) is 0.348. The van der Waals surface area contributed by atoms with Crippen molar-refractivity contribution in [3.8, 4) is 0 Å². The van der Waals surface area contributed by atoms with Crippen molar-refractivity contribution in [2.45, 2.75) is 31.8 Å². The minimum atomic E-state index is -0.0972. The smallest absolute Gasteiger partial charge is 0.256 e. The number of anilines is 2. The number of hydrogen-bond acceptors (Lipinski definition) is 5. The van der Waals surface area contributed by atoms with Gasteiger partial charge in [0.15, 0.2) is 0 Å². The molecule has 0 spiro atoms. The van der Waals surface area contributed by atoms with Crippen molar-refractivity contribution in [2.24, 2.45) is 0 Å². The first kappa shape index (κ1) is 19.9. The molecule has 0 fully saturated rings. The van der Waals surface area contributed by atoms with E-state index in [0.717, 1.165) is 30.9 Å². The average Bonchev–Trinajstić information content (AvgIpc) is 3.22. The maximum absolute atomic E-state index is 12.8. The number of rotatable bonds is 7. The number of pyridine rings is 1. The van der Waals surface area contributed by atoms with Gasteiger partial charge in [-0.25, -0.2) is 4.68 Å². The standard InChI is InChI=1S/C23H28N6O/c1-17-15-21(20-11-6-7-12-24-20)27-22-19(16-26-29(17)22)23(30)25-13-8-14-28(2)18-9-4-3-5-10-18/h3-7,9-12,16-17,21,27H,8,13-15H2,1-2H3,(H,25,30). The number of aromatic nitrogens is 3. The van der Waals surface area contributed by atoms with Crippen LogP contribution in [0.3, 0.4) is 0 Å². The van der Waals surface area contributed by atoms with E-state index >= 15 is 0 Å². The van der Waals surface area contributed by atoms with Crippen molar-refractivity contribution < 1.29 is 4.79 Å². The summed E-state index contributed by atoms with van der Waals surface area (Å²) >= 11 is 0. The molecule has 1 aliphatic heterocycles. The Morgan fingerprint density at radius 1 is 1.23 bits per heavy atom. The Kier molecular flexibility index (Phi) is 5.97. The molecule has 4 rings (SSSR count). The fourth-order valence-corrected chi connectivity index (χ4v) is 3.87. The molecule has 3 heterocycles. The second-order valence-corrected chi connectivity index (χ2v) is 7.75. The van der Waals surface area contributed by atoms with Gasteiger partial charge in [-0.3, -0.25) is 9.78 Å². The summed E-state index contributed by atoms with van der Waals surface area (Å²) in [5.74, 6) is 0.670. The van der Waals surface area contributed by atoms with Crippen molar-refractivity contribution in [1.29, 1.82) is 0 Å². The Labute approximate surface area is 177 Å². The van der Waals surface area contributed by atoms with Gasteiger partial charge in [0.2, 0.25) is 0 Å². The average molecular weight is 405 g/mol. The van der Waals surface area contributed by atoms with E-state index < -0.39 is 0 Å². The zero-order valence-corrected chi connectivity index (χ0v) is 17.5. The van der Waals surface area contributed by atoms with Gasteiger partial charge in [0.05, 0.1) is 24.0 Å². The van der Waals surface area contributed by atoms with Gasteiger partial charge in [0, 0.05) is 32.0 Å². The summed E-state index contributed by atoms with van der Waals surface area (Å²) in [4.78, 5) is 19.5. The number of carbonyl (C=O) groups is 1. The molecule has 0 saturated carbocycles. The van der Waals surface area contributed by atoms with Crippen LogP contribution in [-0.2, 0) is 0 Å². The van der Waals surface area contributed by atoms with E-state index in [1.807, 2.05) is 41.1 Å². The number of nitrogens with one attached hydrogen (secondary N) is 2. The Morgan fingerprint density at radius 3 is 2.80 bits per heavy atom. The topological polar surface area (TPSA) is 75.1 Å². The zero-order valence-electron chi connectivity index (χ0n) is 17.5. The first-order valence-corrected chi connectivity index (χ1v) is 10.4. The summed E-state index contributed by atoms with van der Waals surface area (Å²) in [5.41, 5.74) is 2.74. The van der Waals surface area contributed by atoms with E-state index in [1.165, 1.54) is 5.69 Å². The van der Waals surface area contributed by atoms with E-state index in [4.69, 9.17) is 0 Å². The van der Waals surface area contributed by atoms with Crippen molar-refractivity contribution in [3.05, 3.63) is 72.2 Å². The molecular formula is C23H28N6O. The van der Waals surface area contributed by atoms with Gasteiger partial charge in [0.25, 0.3) is 5.91 Å². The van der Waals surface area contributed by atoms with Crippen molar-refractivity contribution in [3.63, 3.8) is 0 Å². The van der Waals surface area contributed by atoms with Crippen LogP contribution >= 0.6 is 0 Å². The van der Waals surface area contributed by atoms with Gasteiger partial charge in [-0.1, -0.05) is 24.3 Å². The van der Waals surface area contributed by atoms with Gasteiger partial charge in [-0.05, 0) is 44.0 Å². The normalized spacial score (nSPS) is 17.7. The lowest BCUT2D eigenvalue weighted by Crippen LogP contribution is -2.30. The maximum Gasteiger partial charge on any atom is 0.256 e. The molecule has 0 bridgehead atoms. The number of fused-ring (bicyclic) bond motifs is 1. The molecule has 1 aromatic carbocycles. The van der Waals surface area contributed by atoms with Gasteiger partial charge in [-0.2, -0.15) is 5.10 Å². The van der Waals surface area contributed by atoms with Gasteiger partial charge in [0.1, 0.15) is 11.4 Å². The fourth-order valence-electron chi connectivity index (χ4n) is 3.87. The highest BCUT2D eigenvalue weighted by atomic mass is 16.1. The predicted molar refractivity (Wildman–Crippen MR) is 119 cm³/mol. The van der Waals surface area contributed by atoms with Crippen molar-refractivity contribution in [2.75, 3.05) is 30.4 Å². The lowest BCUT2D eigenvalue weighted by atomic mass is 10.0. The van der Waals surface area contributed by atoms with Crippen LogP contribution in [0.4, 0.5) is 11.5 Å². The summed E-state index contributed by atoms with van der Waals surface area (Å²) in [6.45, 7) is 3.60. The van der Waals surface area contributed by atoms with E-state index in [2.05, 4.69) is 51.7 Å². The number of hydrogen-bond donors (Lipinski definition) is 2. The van der Waals surface area contributed by atoms with Crippen LogP contribution in [0.2, 0.25) is 0 Å². The second-order valence-electron chi connectivity index (χ2n) is 7.75. The van der Waals surface area contributed by atoms with Crippen LogP contribution in [0, 0.1) is 0 Å². The largest absolute Gasteiger partial charge is 0.375 e. The van der Waals surface area contributed by atoms with Gasteiger partial charge in [-0.15, -0.1) is 0 Å². The predicted octanol–water partition coefficient (Wildman–Crippen LogP) is 3.65. The maximum atomic E-state index is 12.8. The molecular weight excluding hydrogens is 376 g/mol. The summed E-state index contributed by atoms with van der Waals surface area (Å²) in [5, 5.41) is 11.0. The third-order valence-corrected chi connectivity index (χ3v) is 5.54. The third kappa shape index (κ3) is 4.30. The zero-order chi connectivity index (χ0) is 20.9. The quantitative estimate of drug-likeness (QED) is 0.588. The molecule has 2 unspecified atom stereocenters. The minimum absolute atomic E-state index is 0.0662. The van der Waals surface area contributed by atoms with Crippen LogP contribution in [-0.4, -0.2) is 40.8 Å². The lowest BCUT2D eigenvalue weighted by Gasteiger charge is -2.30. The number of amides is 1. The molecule has 3 aromatic rings. The second kappa shape index (κ2) is 8.98. The molecule has 7 heteroatoms. The molecule has 30 heavy (non-hydrogen) atoms. The Hall–Kier alpha value is -3.35. The molecule has 0 radical (unpaired) electrons. The number of nitrogens with zero attached hydrogens (tertiary/aromatic N) is 4. The van der Waals surface area contributed by atoms with E-state index in [0.29, 0.717) is 12.1 Å². The summed E-state index contributed by atoms with van der Waals surface area (Å²) in [6.07, 6.45) is 5.19. The molecule has 2 aromatic heterocycles. The summed E-state index contributed by atoms with van der Waals surface area (Å²) in [7, 11) is 2.06. The Morgan fingerprint density at radius 2 is 2.03 bits per heavy atom. The van der Waals surface area contributed by atoms with Gasteiger partial charge < -0.3 is 15.5 Å². The van der Waals surface area contributed by atoms with Crippen LogP contribution in [0.25, 0.3) is 0 Å². The summed E-state index contributed by atoms with van der Waals surface area (Å²) in [6, 6.07) is 16.4. The van der Waals surface area contributed by atoms with Crippen LogP contribution in [0.15, 0.2) is 60.9 Å². The Bertz CT molecular complexity index is 972. The van der Waals surface area contributed by atoms with Crippen molar-refractivity contribution in [1.82, 2.24) is 20.1 Å². The van der Waals surface area contributed by atoms with Crippen LogP contribution in [0.5, 0.6) is 0 Å². The molecule has 1 amide bonds. The number of carbonyl (C=O) groups excluding carboxylic acids is 1. The molecule has 2 N–H and O–H groups in total. The first-order valence-electron chi connectivity index (χ1n) is 10.4. The van der Waals surface area contributed by atoms with E-state index in [1.54, 1.807) is 12.4 Å². The molecule has 7 nitrogen and oxygen atoms in total. The highest BCUT2D eigenvalue weighted by Gasteiger charge is 2.29. The van der Waals surface area contributed by atoms with Gasteiger partial charge >= 0.3 is 0 Å².